The third-order valence-corrected chi connectivity index (χ3v) is 8.38. The first-order valence-electron chi connectivity index (χ1n) is 11.0. The fourth-order valence-corrected chi connectivity index (χ4v) is 6.25. The van der Waals surface area contributed by atoms with Gasteiger partial charge < -0.3 is 24.2 Å². The molecule has 4 fully saturated rings. The minimum Gasteiger partial charge on any atom is -0.454 e. The monoisotopic (exact) mass is 446 g/mol. The predicted octanol–water partition coefficient (Wildman–Crippen LogP) is 2.51. The number of hydrogen-bond acceptors (Lipinski definition) is 7. The van der Waals surface area contributed by atoms with E-state index in [-0.39, 0.29) is 23.8 Å². The molecule has 1 amide bonds. The molecule has 8 nitrogen and oxygen atoms in total. The van der Waals surface area contributed by atoms with Crippen LogP contribution in [-0.4, -0.2) is 58.9 Å². The van der Waals surface area contributed by atoms with Crippen molar-refractivity contribution in [3.63, 3.8) is 0 Å². The number of carbonyl (C=O) groups excluding carboxylic acids is 2. The van der Waals surface area contributed by atoms with Crippen LogP contribution in [0.1, 0.15) is 37.0 Å². The SMILES string of the molecule is O=C(C[N+]12CCC(CC1)C(OC(=O)[C@@](O)(c1cccs1)C1CCC1)C2)Nc1ccon1. The molecule has 2 N–H and O–H groups in total. The van der Waals surface area contributed by atoms with Crippen LogP contribution in [0.15, 0.2) is 34.4 Å². The number of fused-ring (bicyclic) bond motifs is 3. The lowest BCUT2D eigenvalue weighted by molar-refractivity contribution is -0.939. The van der Waals surface area contributed by atoms with Gasteiger partial charge in [-0.15, -0.1) is 11.3 Å². The number of amides is 1. The maximum absolute atomic E-state index is 13.3. The van der Waals surface area contributed by atoms with Crippen LogP contribution < -0.4 is 5.32 Å². The van der Waals surface area contributed by atoms with Crippen LogP contribution in [0.5, 0.6) is 0 Å². The first-order valence-corrected chi connectivity index (χ1v) is 11.9. The molecule has 5 heterocycles. The molecule has 6 rings (SSSR count). The molecule has 2 bridgehead atoms. The Hall–Kier alpha value is -2.23. The average molecular weight is 447 g/mol. The van der Waals surface area contributed by atoms with Crippen LogP contribution >= 0.6 is 11.3 Å². The van der Waals surface area contributed by atoms with E-state index >= 15 is 0 Å². The van der Waals surface area contributed by atoms with Crippen LogP contribution in [0.2, 0.25) is 0 Å². The van der Waals surface area contributed by atoms with Crippen molar-refractivity contribution in [2.24, 2.45) is 11.8 Å². The van der Waals surface area contributed by atoms with Gasteiger partial charge in [-0.2, -0.15) is 0 Å². The molecule has 4 aliphatic rings. The van der Waals surface area contributed by atoms with Gasteiger partial charge in [0.1, 0.15) is 12.8 Å². The standard InChI is InChI=1S/C22H27N3O5S/c26-20(23-19-8-11-29-24-19)14-25-9-6-15(7-10-25)17(13-25)30-21(27)22(28,16-3-1-4-16)18-5-2-12-31-18/h2,5,8,11-12,15-17,28H,1,3-4,6-7,9-10,13-14H2/p+1/t15?,17?,22-,25?/m0/s1. The molecule has 9 heteroatoms. The second kappa shape index (κ2) is 8.03. The van der Waals surface area contributed by atoms with Crippen LogP contribution in [0.3, 0.4) is 0 Å². The normalized spacial score (nSPS) is 29.7. The zero-order chi connectivity index (χ0) is 21.5. The lowest BCUT2D eigenvalue weighted by Gasteiger charge is -2.52. The number of thiophene rings is 1. The fourth-order valence-electron chi connectivity index (χ4n) is 5.36. The second-order valence-electron chi connectivity index (χ2n) is 9.22. The highest BCUT2D eigenvalue weighted by molar-refractivity contribution is 7.10. The molecule has 0 aromatic carbocycles. The summed E-state index contributed by atoms with van der Waals surface area (Å²) in [6.45, 7) is 2.70. The fraction of sp³-hybridized carbons (Fsp3) is 0.591. The molecule has 1 saturated carbocycles. The maximum Gasteiger partial charge on any atom is 0.344 e. The van der Waals surface area contributed by atoms with Gasteiger partial charge in [-0.05, 0) is 24.3 Å². The Bertz CT molecular complexity index is 919. The van der Waals surface area contributed by atoms with Crippen LogP contribution in [0.25, 0.3) is 0 Å². The van der Waals surface area contributed by atoms with Gasteiger partial charge >= 0.3 is 5.97 Å². The number of carbonyl (C=O) groups is 2. The van der Waals surface area contributed by atoms with Gasteiger partial charge in [-0.25, -0.2) is 4.79 Å². The second-order valence-corrected chi connectivity index (χ2v) is 10.2. The predicted molar refractivity (Wildman–Crippen MR) is 113 cm³/mol. The van der Waals surface area contributed by atoms with E-state index in [4.69, 9.17) is 9.26 Å². The van der Waals surface area contributed by atoms with Crippen LogP contribution in [0, 0.1) is 11.8 Å². The van der Waals surface area contributed by atoms with Crippen molar-refractivity contribution in [2.75, 3.05) is 31.5 Å². The number of quaternary nitrogens is 1. The lowest BCUT2D eigenvalue weighted by Crippen LogP contribution is -2.66. The molecular formula is C22H28N3O5S+. The molecule has 166 valence electrons. The van der Waals surface area contributed by atoms with Gasteiger partial charge in [0.2, 0.25) is 0 Å². The van der Waals surface area contributed by atoms with E-state index in [0.717, 1.165) is 45.2 Å². The molecule has 2 atom stereocenters. The van der Waals surface area contributed by atoms with Gasteiger partial charge in [-0.3, -0.25) is 4.79 Å². The summed E-state index contributed by atoms with van der Waals surface area (Å²) in [5.41, 5.74) is -1.56. The van der Waals surface area contributed by atoms with Gasteiger partial charge in [0, 0.05) is 35.6 Å². The summed E-state index contributed by atoms with van der Waals surface area (Å²) in [5.74, 6) is -0.0419. The van der Waals surface area contributed by atoms with E-state index in [1.165, 1.54) is 17.6 Å². The Balaban J connectivity index is 1.28. The lowest BCUT2D eigenvalue weighted by atomic mass is 9.72. The third kappa shape index (κ3) is 3.79. The Morgan fingerprint density at radius 1 is 1.29 bits per heavy atom. The summed E-state index contributed by atoms with van der Waals surface area (Å²) in [6.07, 6.45) is 5.66. The molecule has 3 saturated heterocycles. The van der Waals surface area contributed by atoms with E-state index in [1.54, 1.807) is 6.07 Å². The van der Waals surface area contributed by atoms with Crippen LogP contribution in [-0.2, 0) is 19.9 Å². The largest absolute Gasteiger partial charge is 0.454 e. The van der Waals surface area contributed by atoms with Crippen molar-refractivity contribution in [3.8, 4) is 0 Å². The molecule has 2 aromatic heterocycles. The Morgan fingerprint density at radius 3 is 2.71 bits per heavy atom. The minimum atomic E-state index is -1.56. The zero-order valence-corrected chi connectivity index (χ0v) is 18.2. The number of rotatable bonds is 7. The summed E-state index contributed by atoms with van der Waals surface area (Å²) in [5, 5.41) is 19.8. The smallest absolute Gasteiger partial charge is 0.344 e. The number of piperidine rings is 3. The molecule has 0 radical (unpaired) electrons. The molecular weight excluding hydrogens is 418 g/mol. The average Bonchev–Trinajstić information content (AvgIpc) is 3.41. The topological polar surface area (TPSA) is 102 Å². The van der Waals surface area contributed by atoms with Gasteiger partial charge in [0.05, 0.1) is 13.1 Å². The Morgan fingerprint density at radius 2 is 2.10 bits per heavy atom. The number of aliphatic hydroxyl groups is 1. The van der Waals surface area contributed by atoms with Crippen molar-refractivity contribution in [1.29, 1.82) is 0 Å². The zero-order valence-electron chi connectivity index (χ0n) is 17.4. The summed E-state index contributed by atoms with van der Waals surface area (Å²) in [4.78, 5) is 26.6. The molecule has 31 heavy (non-hydrogen) atoms. The quantitative estimate of drug-likeness (QED) is 0.501. The molecule has 2 aromatic rings. The van der Waals surface area contributed by atoms with Crippen molar-refractivity contribution in [3.05, 3.63) is 34.7 Å². The van der Waals surface area contributed by atoms with Crippen molar-refractivity contribution < 1.29 is 28.4 Å². The highest BCUT2D eigenvalue weighted by Gasteiger charge is 2.54. The van der Waals surface area contributed by atoms with Gasteiger partial charge in [-0.1, -0.05) is 17.6 Å². The van der Waals surface area contributed by atoms with Crippen molar-refractivity contribution in [2.45, 2.75) is 43.8 Å². The number of aromatic nitrogens is 1. The summed E-state index contributed by atoms with van der Waals surface area (Å²) in [6, 6.07) is 5.29. The number of nitrogens with one attached hydrogen (secondary N) is 1. The highest BCUT2D eigenvalue weighted by Crippen LogP contribution is 2.46. The minimum absolute atomic E-state index is 0.0869. The molecule has 0 spiro atoms. The third-order valence-electron chi connectivity index (χ3n) is 7.39. The Labute approximate surface area is 184 Å². The van der Waals surface area contributed by atoms with Crippen LogP contribution in [0.4, 0.5) is 5.82 Å². The summed E-state index contributed by atoms with van der Waals surface area (Å²) >= 11 is 1.40. The van der Waals surface area contributed by atoms with E-state index in [2.05, 4.69) is 10.5 Å². The van der Waals surface area contributed by atoms with E-state index < -0.39 is 11.6 Å². The molecule has 1 aliphatic carbocycles. The summed E-state index contributed by atoms with van der Waals surface area (Å²) < 4.78 is 11.4. The number of anilines is 1. The highest BCUT2D eigenvalue weighted by atomic mass is 32.1. The van der Waals surface area contributed by atoms with E-state index in [1.807, 2.05) is 17.5 Å². The number of hydrogen-bond donors (Lipinski definition) is 2. The van der Waals surface area contributed by atoms with Crippen molar-refractivity contribution in [1.82, 2.24) is 5.16 Å². The van der Waals surface area contributed by atoms with Gasteiger partial charge in [0.15, 0.2) is 24.1 Å². The Kier molecular flexibility index (Phi) is 5.35. The first-order chi connectivity index (χ1) is 15.0. The first kappa shape index (κ1) is 20.7. The molecule has 1 unspecified atom stereocenters. The maximum atomic E-state index is 13.3. The van der Waals surface area contributed by atoms with Gasteiger partial charge in [0.25, 0.3) is 5.91 Å². The van der Waals surface area contributed by atoms with E-state index in [9.17, 15) is 14.7 Å². The van der Waals surface area contributed by atoms with E-state index in [0.29, 0.717) is 28.3 Å². The number of esters is 1. The summed E-state index contributed by atoms with van der Waals surface area (Å²) in [7, 11) is 0. The van der Waals surface area contributed by atoms with Crippen molar-refractivity contribution >= 4 is 29.0 Å². The number of nitrogens with zero attached hydrogens (tertiary/aromatic N) is 2. The molecule has 3 aliphatic heterocycles. The number of ether oxygens (including phenoxy) is 1.